The average molecular weight is 208 g/mol. The standard InChI is InChI=1S/C12H13FO2/c1-8-4-5-9(10(13)7-8)12(14)11-3-2-6-15-11/h3-5,7,12,14H,2,6H2,1H3. The van der Waals surface area contributed by atoms with Gasteiger partial charge in [-0.2, -0.15) is 0 Å². The van der Waals surface area contributed by atoms with Crippen molar-refractivity contribution in [2.75, 3.05) is 6.61 Å². The van der Waals surface area contributed by atoms with E-state index in [1.165, 1.54) is 6.07 Å². The van der Waals surface area contributed by atoms with Crippen molar-refractivity contribution in [3.05, 3.63) is 47.0 Å². The number of rotatable bonds is 2. The van der Waals surface area contributed by atoms with Crippen molar-refractivity contribution >= 4 is 0 Å². The van der Waals surface area contributed by atoms with Crippen molar-refractivity contribution < 1.29 is 14.2 Å². The minimum Gasteiger partial charge on any atom is -0.495 e. The molecule has 3 heteroatoms. The molecular weight excluding hydrogens is 195 g/mol. The van der Waals surface area contributed by atoms with Crippen LogP contribution in [0.4, 0.5) is 4.39 Å². The maximum absolute atomic E-state index is 13.5. The van der Waals surface area contributed by atoms with Gasteiger partial charge in [0.1, 0.15) is 17.7 Å². The van der Waals surface area contributed by atoms with E-state index in [9.17, 15) is 9.50 Å². The van der Waals surface area contributed by atoms with Crippen LogP contribution in [0, 0.1) is 12.7 Å². The number of hydrogen-bond donors (Lipinski definition) is 1. The molecule has 1 heterocycles. The molecule has 0 radical (unpaired) electrons. The molecule has 0 fully saturated rings. The van der Waals surface area contributed by atoms with Crippen LogP contribution >= 0.6 is 0 Å². The van der Waals surface area contributed by atoms with E-state index in [-0.39, 0.29) is 11.4 Å². The molecule has 1 N–H and O–H groups in total. The lowest BCUT2D eigenvalue weighted by Crippen LogP contribution is -2.04. The summed E-state index contributed by atoms with van der Waals surface area (Å²) in [6.45, 7) is 2.38. The average Bonchev–Trinajstić information content (AvgIpc) is 2.69. The van der Waals surface area contributed by atoms with E-state index >= 15 is 0 Å². The van der Waals surface area contributed by atoms with E-state index in [2.05, 4.69) is 0 Å². The van der Waals surface area contributed by atoms with Crippen LogP contribution in [0.2, 0.25) is 0 Å². The summed E-state index contributed by atoms with van der Waals surface area (Å²) in [6, 6.07) is 4.78. The molecule has 0 amide bonds. The van der Waals surface area contributed by atoms with Gasteiger partial charge < -0.3 is 9.84 Å². The van der Waals surface area contributed by atoms with Crippen LogP contribution < -0.4 is 0 Å². The number of halogens is 1. The largest absolute Gasteiger partial charge is 0.495 e. The van der Waals surface area contributed by atoms with Gasteiger partial charge in [-0.3, -0.25) is 0 Å². The minimum absolute atomic E-state index is 0.272. The lowest BCUT2D eigenvalue weighted by Gasteiger charge is -2.13. The summed E-state index contributed by atoms with van der Waals surface area (Å²) in [6.07, 6.45) is 1.59. The Bertz CT molecular complexity index is 399. The first kappa shape index (κ1) is 10.2. The Morgan fingerprint density at radius 1 is 1.47 bits per heavy atom. The highest BCUT2D eigenvalue weighted by molar-refractivity contribution is 5.29. The van der Waals surface area contributed by atoms with Crippen molar-refractivity contribution in [2.45, 2.75) is 19.4 Å². The topological polar surface area (TPSA) is 29.5 Å². The number of aliphatic hydroxyl groups is 1. The van der Waals surface area contributed by atoms with E-state index in [0.717, 1.165) is 12.0 Å². The Balaban J connectivity index is 2.28. The van der Waals surface area contributed by atoms with Gasteiger partial charge in [0.05, 0.1) is 6.61 Å². The summed E-state index contributed by atoms with van der Waals surface area (Å²) in [5.41, 5.74) is 1.11. The van der Waals surface area contributed by atoms with Gasteiger partial charge in [0, 0.05) is 12.0 Å². The van der Waals surface area contributed by atoms with Gasteiger partial charge in [-0.25, -0.2) is 4.39 Å². The van der Waals surface area contributed by atoms with Gasteiger partial charge in [-0.05, 0) is 24.6 Å². The van der Waals surface area contributed by atoms with E-state index in [1.54, 1.807) is 18.2 Å². The van der Waals surface area contributed by atoms with Crippen molar-refractivity contribution in [3.8, 4) is 0 Å². The minimum atomic E-state index is -0.979. The SMILES string of the molecule is Cc1ccc(C(O)C2=CCCO2)c(F)c1. The van der Waals surface area contributed by atoms with Crippen LogP contribution in [0.25, 0.3) is 0 Å². The third kappa shape index (κ3) is 2.02. The van der Waals surface area contributed by atoms with Crippen LogP contribution in [0.3, 0.4) is 0 Å². The molecule has 1 aromatic rings. The zero-order chi connectivity index (χ0) is 10.8. The maximum atomic E-state index is 13.5. The molecule has 0 saturated heterocycles. The lowest BCUT2D eigenvalue weighted by atomic mass is 10.1. The predicted molar refractivity (Wildman–Crippen MR) is 54.7 cm³/mol. The molecule has 0 aromatic heterocycles. The van der Waals surface area contributed by atoms with Gasteiger partial charge in [-0.1, -0.05) is 12.1 Å². The summed E-state index contributed by atoms with van der Waals surface area (Å²) in [7, 11) is 0. The Kier molecular flexibility index (Phi) is 2.73. The first-order valence-corrected chi connectivity index (χ1v) is 4.95. The molecule has 0 spiro atoms. The van der Waals surface area contributed by atoms with Crippen LogP contribution in [0.5, 0.6) is 0 Å². The molecule has 15 heavy (non-hydrogen) atoms. The fourth-order valence-corrected chi connectivity index (χ4v) is 1.63. The van der Waals surface area contributed by atoms with Gasteiger partial charge in [0.15, 0.2) is 0 Å². The molecular formula is C12H13FO2. The molecule has 1 aliphatic rings. The highest BCUT2D eigenvalue weighted by Gasteiger charge is 2.20. The van der Waals surface area contributed by atoms with Crippen LogP contribution in [-0.2, 0) is 4.74 Å². The fourth-order valence-electron chi connectivity index (χ4n) is 1.63. The summed E-state index contributed by atoms with van der Waals surface area (Å²) in [4.78, 5) is 0. The number of hydrogen-bond acceptors (Lipinski definition) is 2. The first-order chi connectivity index (χ1) is 7.18. The summed E-state index contributed by atoms with van der Waals surface area (Å²) >= 11 is 0. The zero-order valence-corrected chi connectivity index (χ0v) is 8.53. The molecule has 0 saturated carbocycles. The quantitative estimate of drug-likeness (QED) is 0.809. The second kappa shape index (κ2) is 4.03. The molecule has 1 unspecified atom stereocenters. The Morgan fingerprint density at radius 3 is 2.87 bits per heavy atom. The molecule has 0 bridgehead atoms. The normalized spacial score (nSPS) is 17.1. The van der Waals surface area contributed by atoms with Crippen LogP contribution in [0.1, 0.15) is 23.7 Å². The van der Waals surface area contributed by atoms with Gasteiger partial charge in [0.25, 0.3) is 0 Å². The van der Waals surface area contributed by atoms with Crippen LogP contribution in [0.15, 0.2) is 30.0 Å². The predicted octanol–water partition coefficient (Wildman–Crippen LogP) is 2.47. The molecule has 2 rings (SSSR count). The Morgan fingerprint density at radius 2 is 2.27 bits per heavy atom. The number of aryl methyl sites for hydroxylation is 1. The number of aliphatic hydroxyl groups excluding tert-OH is 1. The summed E-state index contributed by atoms with van der Waals surface area (Å²) in [5.74, 6) is 0.0663. The molecule has 1 aromatic carbocycles. The van der Waals surface area contributed by atoms with Gasteiger partial charge >= 0.3 is 0 Å². The highest BCUT2D eigenvalue weighted by atomic mass is 19.1. The van der Waals surface area contributed by atoms with Crippen LogP contribution in [-0.4, -0.2) is 11.7 Å². The third-order valence-corrected chi connectivity index (χ3v) is 2.45. The van der Waals surface area contributed by atoms with Crippen molar-refractivity contribution in [3.63, 3.8) is 0 Å². The molecule has 2 nitrogen and oxygen atoms in total. The zero-order valence-electron chi connectivity index (χ0n) is 8.53. The molecule has 1 aliphatic heterocycles. The third-order valence-electron chi connectivity index (χ3n) is 2.45. The highest BCUT2D eigenvalue weighted by Crippen LogP contribution is 2.28. The monoisotopic (exact) mass is 208 g/mol. The fraction of sp³-hybridized carbons (Fsp3) is 0.333. The number of ether oxygens (including phenoxy) is 1. The van der Waals surface area contributed by atoms with Crippen molar-refractivity contribution in [2.24, 2.45) is 0 Å². The van der Waals surface area contributed by atoms with E-state index < -0.39 is 6.10 Å². The van der Waals surface area contributed by atoms with E-state index in [0.29, 0.717) is 12.4 Å². The molecule has 80 valence electrons. The second-order valence-electron chi connectivity index (χ2n) is 3.67. The Hall–Kier alpha value is -1.35. The smallest absolute Gasteiger partial charge is 0.138 e. The van der Waals surface area contributed by atoms with Gasteiger partial charge in [0.2, 0.25) is 0 Å². The van der Waals surface area contributed by atoms with Crippen molar-refractivity contribution in [1.29, 1.82) is 0 Å². The molecule has 1 atom stereocenters. The van der Waals surface area contributed by atoms with E-state index in [4.69, 9.17) is 4.74 Å². The van der Waals surface area contributed by atoms with Crippen molar-refractivity contribution in [1.82, 2.24) is 0 Å². The number of benzene rings is 1. The lowest BCUT2D eigenvalue weighted by molar-refractivity contribution is 0.116. The summed E-state index contributed by atoms with van der Waals surface area (Å²) < 4.78 is 18.7. The Labute approximate surface area is 88.0 Å². The molecule has 0 aliphatic carbocycles. The maximum Gasteiger partial charge on any atom is 0.138 e. The second-order valence-corrected chi connectivity index (χ2v) is 3.67. The summed E-state index contributed by atoms with van der Waals surface area (Å²) in [5, 5.41) is 9.86. The first-order valence-electron chi connectivity index (χ1n) is 4.95. The van der Waals surface area contributed by atoms with Gasteiger partial charge in [-0.15, -0.1) is 0 Å². The van der Waals surface area contributed by atoms with E-state index in [1.807, 2.05) is 6.92 Å².